The van der Waals surface area contributed by atoms with Gasteiger partial charge in [0.15, 0.2) is 5.15 Å². The Bertz CT molecular complexity index is 223. The molecule has 1 aromatic rings. The molecule has 0 amide bonds. The van der Waals surface area contributed by atoms with E-state index in [2.05, 4.69) is 24.0 Å². The highest BCUT2D eigenvalue weighted by Crippen LogP contribution is 2.19. The lowest BCUT2D eigenvalue weighted by Crippen LogP contribution is -1.92. The lowest BCUT2D eigenvalue weighted by Gasteiger charge is -2.03. The summed E-state index contributed by atoms with van der Waals surface area (Å²) in [6.07, 6.45) is 1.65. The van der Waals surface area contributed by atoms with E-state index in [9.17, 15) is 0 Å². The number of halogens is 1. The smallest absolute Gasteiger partial charge is 0.155 e. The molecule has 1 rings (SSSR count). The maximum atomic E-state index is 5.75. The van der Waals surface area contributed by atoms with Gasteiger partial charge in [-0.2, -0.15) is 5.10 Å². The Kier molecular flexibility index (Phi) is 2.22. The Hall–Kier alpha value is -0.630. The third-order valence-electron chi connectivity index (χ3n) is 1.33. The molecule has 0 bridgehead atoms. The molecule has 0 aliphatic carbocycles. The first-order valence-corrected chi connectivity index (χ1v) is 3.56. The van der Waals surface area contributed by atoms with Crippen molar-refractivity contribution in [3.8, 4) is 0 Å². The third-order valence-corrected chi connectivity index (χ3v) is 1.62. The molecule has 0 aromatic carbocycles. The zero-order chi connectivity index (χ0) is 7.56. The molecule has 1 aromatic heterocycles. The van der Waals surface area contributed by atoms with E-state index < -0.39 is 0 Å². The van der Waals surface area contributed by atoms with Crippen molar-refractivity contribution >= 4 is 11.6 Å². The Balaban J connectivity index is 3.03. The first-order chi connectivity index (χ1) is 4.72. The van der Waals surface area contributed by atoms with Crippen molar-refractivity contribution in [2.75, 3.05) is 0 Å². The topological polar surface area (TPSA) is 25.8 Å². The summed E-state index contributed by atoms with van der Waals surface area (Å²) in [6, 6.07) is 1.89. The van der Waals surface area contributed by atoms with Crippen LogP contribution in [0.25, 0.3) is 0 Å². The number of aromatic nitrogens is 2. The summed E-state index contributed by atoms with van der Waals surface area (Å²) < 4.78 is 0. The molecule has 0 unspecified atom stereocenters. The Morgan fingerprint density at radius 2 is 2.20 bits per heavy atom. The van der Waals surface area contributed by atoms with Crippen molar-refractivity contribution in [2.24, 2.45) is 0 Å². The summed E-state index contributed by atoms with van der Waals surface area (Å²) in [4.78, 5) is 0. The number of hydrogen-bond donors (Lipinski definition) is 0. The zero-order valence-corrected chi connectivity index (χ0v) is 6.76. The van der Waals surface area contributed by atoms with Crippen LogP contribution in [-0.4, -0.2) is 10.2 Å². The van der Waals surface area contributed by atoms with Gasteiger partial charge in [0.25, 0.3) is 0 Å². The van der Waals surface area contributed by atoms with Crippen molar-refractivity contribution in [3.63, 3.8) is 0 Å². The van der Waals surface area contributed by atoms with Crippen LogP contribution in [0, 0.1) is 0 Å². The van der Waals surface area contributed by atoms with Gasteiger partial charge in [-0.3, -0.25) is 0 Å². The highest BCUT2D eigenvalue weighted by atomic mass is 35.5. The van der Waals surface area contributed by atoms with E-state index >= 15 is 0 Å². The van der Waals surface area contributed by atoms with Gasteiger partial charge in [-0.15, -0.1) is 5.10 Å². The molecule has 0 N–H and O–H groups in total. The fourth-order valence-electron chi connectivity index (χ4n) is 0.755. The molecule has 2 nitrogen and oxygen atoms in total. The lowest BCUT2D eigenvalue weighted by molar-refractivity contribution is 0.841. The number of rotatable bonds is 1. The standard InChI is InChI=1S/C7H9ClN2/c1-5(2)6-3-4-9-10-7(6)8/h3-5H,1-2H3. The lowest BCUT2D eigenvalue weighted by atomic mass is 10.1. The fraction of sp³-hybridized carbons (Fsp3) is 0.429. The molecule has 0 saturated heterocycles. The van der Waals surface area contributed by atoms with Gasteiger partial charge in [0.2, 0.25) is 0 Å². The second-order valence-corrected chi connectivity index (χ2v) is 2.79. The largest absolute Gasteiger partial charge is 0.158 e. The molecule has 54 valence electrons. The molecule has 0 aliphatic heterocycles. The zero-order valence-electron chi connectivity index (χ0n) is 6.00. The summed E-state index contributed by atoms with van der Waals surface area (Å²) in [5, 5.41) is 7.87. The van der Waals surface area contributed by atoms with Gasteiger partial charge in [0.1, 0.15) is 0 Å². The van der Waals surface area contributed by atoms with E-state index in [1.807, 2.05) is 6.07 Å². The molecule has 0 spiro atoms. The van der Waals surface area contributed by atoms with Gasteiger partial charge in [-0.1, -0.05) is 25.4 Å². The maximum Gasteiger partial charge on any atom is 0.155 e. The van der Waals surface area contributed by atoms with Gasteiger partial charge in [0, 0.05) is 6.20 Å². The number of hydrogen-bond acceptors (Lipinski definition) is 2. The van der Waals surface area contributed by atoms with Crippen LogP contribution in [-0.2, 0) is 0 Å². The monoisotopic (exact) mass is 156 g/mol. The van der Waals surface area contributed by atoms with Crippen LogP contribution >= 0.6 is 11.6 Å². The second kappa shape index (κ2) is 2.97. The maximum absolute atomic E-state index is 5.75. The predicted molar refractivity (Wildman–Crippen MR) is 41.1 cm³/mol. The Morgan fingerprint density at radius 1 is 1.50 bits per heavy atom. The van der Waals surface area contributed by atoms with Crippen LogP contribution in [0.3, 0.4) is 0 Å². The molecule has 0 aliphatic rings. The van der Waals surface area contributed by atoms with Crippen molar-refractivity contribution in [2.45, 2.75) is 19.8 Å². The van der Waals surface area contributed by atoms with Crippen LogP contribution in [0.4, 0.5) is 0 Å². The van der Waals surface area contributed by atoms with Gasteiger partial charge < -0.3 is 0 Å². The van der Waals surface area contributed by atoms with Crippen LogP contribution < -0.4 is 0 Å². The molecule has 0 atom stereocenters. The van der Waals surface area contributed by atoms with Crippen LogP contribution in [0.5, 0.6) is 0 Å². The molecule has 0 saturated carbocycles. The van der Waals surface area contributed by atoms with E-state index in [4.69, 9.17) is 11.6 Å². The summed E-state index contributed by atoms with van der Waals surface area (Å²) in [7, 11) is 0. The van der Waals surface area contributed by atoms with E-state index in [-0.39, 0.29) is 0 Å². The van der Waals surface area contributed by atoms with Crippen molar-refractivity contribution in [3.05, 3.63) is 23.0 Å². The van der Waals surface area contributed by atoms with E-state index in [1.54, 1.807) is 6.20 Å². The second-order valence-electron chi connectivity index (χ2n) is 2.43. The summed E-state index contributed by atoms with van der Waals surface area (Å²) in [5.74, 6) is 0.419. The quantitative estimate of drug-likeness (QED) is 0.624. The highest BCUT2D eigenvalue weighted by Gasteiger charge is 2.03. The molecule has 10 heavy (non-hydrogen) atoms. The summed E-state index contributed by atoms with van der Waals surface area (Å²) in [5.41, 5.74) is 1.05. The average molecular weight is 157 g/mol. The Labute approximate surface area is 65.2 Å². The minimum Gasteiger partial charge on any atom is -0.158 e. The van der Waals surface area contributed by atoms with Crippen LogP contribution in [0.2, 0.25) is 5.15 Å². The average Bonchev–Trinajstić information content (AvgIpc) is 1.88. The molecule has 1 heterocycles. The summed E-state index contributed by atoms with van der Waals surface area (Å²) >= 11 is 5.75. The van der Waals surface area contributed by atoms with Gasteiger partial charge >= 0.3 is 0 Å². The van der Waals surface area contributed by atoms with E-state index in [1.165, 1.54) is 0 Å². The molecule has 3 heteroatoms. The fourth-order valence-corrected chi connectivity index (χ4v) is 1.08. The van der Waals surface area contributed by atoms with Gasteiger partial charge in [0.05, 0.1) is 0 Å². The molecule has 0 radical (unpaired) electrons. The minimum atomic E-state index is 0.419. The van der Waals surface area contributed by atoms with Crippen LogP contribution in [0.1, 0.15) is 25.3 Å². The van der Waals surface area contributed by atoms with Gasteiger partial charge in [-0.05, 0) is 17.5 Å². The number of nitrogens with zero attached hydrogens (tertiary/aromatic N) is 2. The van der Waals surface area contributed by atoms with E-state index in [0.29, 0.717) is 11.1 Å². The van der Waals surface area contributed by atoms with Crippen molar-refractivity contribution < 1.29 is 0 Å². The minimum absolute atomic E-state index is 0.419. The molecular formula is C7H9ClN2. The van der Waals surface area contributed by atoms with Gasteiger partial charge in [-0.25, -0.2) is 0 Å². The molecule has 0 fully saturated rings. The normalized spacial score (nSPS) is 10.4. The Morgan fingerprint density at radius 3 is 2.60 bits per heavy atom. The van der Waals surface area contributed by atoms with Crippen molar-refractivity contribution in [1.82, 2.24) is 10.2 Å². The highest BCUT2D eigenvalue weighted by molar-refractivity contribution is 6.30. The third kappa shape index (κ3) is 1.45. The van der Waals surface area contributed by atoms with Crippen LogP contribution in [0.15, 0.2) is 12.3 Å². The van der Waals surface area contributed by atoms with E-state index in [0.717, 1.165) is 5.56 Å². The summed E-state index contributed by atoms with van der Waals surface area (Å²) in [6.45, 7) is 4.14. The predicted octanol–water partition coefficient (Wildman–Crippen LogP) is 2.25. The van der Waals surface area contributed by atoms with Crippen molar-refractivity contribution in [1.29, 1.82) is 0 Å². The molecular weight excluding hydrogens is 148 g/mol. The first kappa shape index (κ1) is 7.48. The SMILES string of the molecule is CC(C)c1ccnnc1Cl. The first-order valence-electron chi connectivity index (χ1n) is 3.19.